The van der Waals surface area contributed by atoms with Crippen LogP contribution >= 0.6 is 0 Å². The molecule has 1 heterocycles. The summed E-state index contributed by atoms with van der Waals surface area (Å²) in [7, 11) is 0. The summed E-state index contributed by atoms with van der Waals surface area (Å²) in [5, 5.41) is 3.31. The summed E-state index contributed by atoms with van der Waals surface area (Å²) < 4.78 is 0. The highest BCUT2D eigenvalue weighted by Crippen LogP contribution is 2.25. The van der Waals surface area contributed by atoms with E-state index >= 15 is 0 Å². The van der Waals surface area contributed by atoms with Gasteiger partial charge in [-0.2, -0.15) is 0 Å². The Morgan fingerprint density at radius 1 is 1.50 bits per heavy atom. The summed E-state index contributed by atoms with van der Waals surface area (Å²) in [6, 6.07) is 1.84. The highest BCUT2D eigenvalue weighted by Gasteiger charge is 2.23. The highest BCUT2D eigenvalue weighted by atomic mass is 16.1. The molecule has 0 saturated heterocycles. The Bertz CT molecular complexity index is 390. The maximum atomic E-state index is 11.1. The summed E-state index contributed by atoms with van der Waals surface area (Å²) >= 11 is 0. The number of nitrogens with zero attached hydrogens (tertiary/aromatic N) is 1. The van der Waals surface area contributed by atoms with Crippen LogP contribution in [-0.4, -0.2) is 22.6 Å². The second-order valence-corrected chi connectivity index (χ2v) is 4.33. The van der Waals surface area contributed by atoms with E-state index in [9.17, 15) is 4.79 Å². The molecule has 5 nitrogen and oxygen atoms in total. The zero-order chi connectivity index (χ0) is 11.4. The van der Waals surface area contributed by atoms with E-state index in [-0.39, 0.29) is 5.56 Å². The number of hydrogen-bond acceptors (Lipinski definition) is 4. The number of anilines is 1. The lowest BCUT2D eigenvalue weighted by Crippen LogP contribution is -2.37. The second kappa shape index (κ2) is 5.12. The first-order valence-electron chi connectivity index (χ1n) is 5.81. The Labute approximate surface area is 94.5 Å². The van der Waals surface area contributed by atoms with Crippen molar-refractivity contribution in [1.82, 2.24) is 9.97 Å². The largest absolute Gasteiger partial charge is 0.367 e. The van der Waals surface area contributed by atoms with Gasteiger partial charge in [0.05, 0.1) is 6.33 Å². The number of H-pyrrole nitrogens is 1. The van der Waals surface area contributed by atoms with E-state index in [1.165, 1.54) is 25.2 Å². The van der Waals surface area contributed by atoms with E-state index in [0.29, 0.717) is 24.3 Å². The molecular formula is C11H18N4O. The van der Waals surface area contributed by atoms with E-state index < -0.39 is 0 Å². The van der Waals surface area contributed by atoms with Crippen LogP contribution in [0.3, 0.4) is 0 Å². The van der Waals surface area contributed by atoms with Gasteiger partial charge in [0.25, 0.3) is 5.56 Å². The lowest BCUT2D eigenvalue weighted by atomic mass is 9.84. The fourth-order valence-corrected chi connectivity index (χ4v) is 2.32. The van der Waals surface area contributed by atoms with Crippen LogP contribution in [0.25, 0.3) is 0 Å². The molecule has 1 aliphatic rings. The Morgan fingerprint density at radius 3 is 3.06 bits per heavy atom. The summed E-state index contributed by atoms with van der Waals surface area (Å²) in [4.78, 5) is 17.7. The molecule has 4 N–H and O–H groups in total. The third-order valence-electron chi connectivity index (χ3n) is 3.22. The standard InChI is InChI=1S/C11H18N4O/c12-6-8-3-1-2-4-9(8)15-10-5-11(16)14-7-13-10/h5,7-9H,1-4,6,12H2,(H2,13,14,15,16). The molecule has 2 atom stereocenters. The van der Waals surface area contributed by atoms with Crippen molar-refractivity contribution in [3.63, 3.8) is 0 Å². The number of aromatic nitrogens is 2. The zero-order valence-corrected chi connectivity index (χ0v) is 9.28. The van der Waals surface area contributed by atoms with Crippen molar-refractivity contribution in [2.75, 3.05) is 11.9 Å². The van der Waals surface area contributed by atoms with Crippen molar-refractivity contribution >= 4 is 5.82 Å². The van der Waals surface area contributed by atoms with Crippen LogP contribution in [0.1, 0.15) is 25.7 Å². The number of aromatic amines is 1. The van der Waals surface area contributed by atoms with Crippen molar-refractivity contribution in [3.8, 4) is 0 Å². The quantitative estimate of drug-likeness (QED) is 0.703. The number of nitrogens with one attached hydrogen (secondary N) is 2. The molecule has 1 aliphatic carbocycles. The Hall–Kier alpha value is -1.36. The summed E-state index contributed by atoms with van der Waals surface area (Å²) in [5.74, 6) is 1.14. The van der Waals surface area contributed by atoms with Gasteiger partial charge in [0.2, 0.25) is 0 Å². The van der Waals surface area contributed by atoms with Crippen LogP contribution in [0.4, 0.5) is 5.82 Å². The van der Waals surface area contributed by atoms with E-state index in [4.69, 9.17) is 5.73 Å². The summed E-state index contributed by atoms with van der Waals surface area (Å²) in [5.41, 5.74) is 5.62. The third kappa shape index (κ3) is 2.61. The zero-order valence-electron chi connectivity index (χ0n) is 9.28. The van der Waals surface area contributed by atoms with E-state index in [1.807, 2.05) is 0 Å². The number of hydrogen-bond donors (Lipinski definition) is 3. The summed E-state index contributed by atoms with van der Waals surface area (Å²) in [6.07, 6.45) is 6.17. The normalized spacial score (nSPS) is 25.3. The van der Waals surface area contributed by atoms with Gasteiger partial charge in [-0.15, -0.1) is 0 Å². The first-order valence-corrected chi connectivity index (χ1v) is 5.81. The highest BCUT2D eigenvalue weighted by molar-refractivity contribution is 5.33. The van der Waals surface area contributed by atoms with Crippen molar-refractivity contribution < 1.29 is 0 Å². The lowest BCUT2D eigenvalue weighted by Gasteiger charge is -2.31. The lowest BCUT2D eigenvalue weighted by molar-refractivity contribution is 0.332. The fourth-order valence-electron chi connectivity index (χ4n) is 2.32. The topological polar surface area (TPSA) is 83.8 Å². The molecule has 0 radical (unpaired) electrons. The van der Waals surface area contributed by atoms with Crippen LogP contribution in [0.2, 0.25) is 0 Å². The van der Waals surface area contributed by atoms with Gasteiger partial charge in [-0.1, -0.05) is 12.8 Å². The average Bonchev–Trinajstić information content (AvgIpc) is 2.30. The molecule has 1 aromatic rings. The van der Waals surface area contributed by atoms with Crippen molar-refractivity contribution in [3.05, 3.63) is 22.7 Å². The predicted octanol–water partition coefficient (Wildman–Crippen LogP) is 0.699. The SMILES string of the molecule is NCC1CCCCC1Nc1cc(=O)[nH]cn1. The van der Waals surface area contributed by atoms with Gasteiger partial charge in [0.1, 0.15) is 5.82 Å². The molecule has 16 heavy (non-hydrogen) atoms. The van der Waals surface area contributed by atoms with Crippen molar-refractivity contribution in [1.29, 1.82) is 0 Å². The molecule has 88 valence electrons. The molecule has 0 aliphatic heterocycles. The fraction of sp³-hybridized carbons (Fsp3) is 0.636. The van der Waals surface area contributed by atoms with Gasteiger partial charge < -0.3 is 16.0 Å². The Morgan fingerprint density at radius 2 is 2.31 bits per heavy atom. The maximum absolute atomic E-state index is 11.1. The van der Waals surface area contributed by atoms with Crippen LogP contribution in [0, 0.1) is 5.92 Å². The number of rotatable bonds is 3. The Kier molecular flexibility index (Phi) is 3.56. The minimum atomic E-state index is -0.127. The molecule has 2 rings (SSSR count). The molecular weight excluding hydrogens is 204 g/mol. The monoisotopic (exact) mass is 222 g/mol. The van der Waals surface area contributed by atoms with Crippen LogP contribution in [0.15, 0.2) is 17.2 Å². The van der Waals surface area contributed by atoms with Gasteiger partial charge in [-0.05, 0) is 25.3 Å². The van der Waals surface area contributed by atoms with Gasteiger partial charge >= 0.3 is 0 Å². The second-order valence-electron chi connectivity index (χ2n) is 4.33. The van der Waals surface area contributed by atoms with Crippen molar-refractivity contribution in [2.24, 2.45) is 11.7 Å². The van der Waals surface area contributed by atoms with E-state index in [0.717, 1.165) is 12.8 Å². The molecule has 1 saturated carbocycles. The first-order chi connectivity index (χ1) is 7.79. The maximum Gasteiger partial charge on any atom is 0.252 e. The van der Waals surface area contributed by atoms with Crippen LogP contribution in [0.5, 0.6) is 0 Å². The van der Waals surface area contributed by atoms with Crippen LogP contribution < -0.4 is 16.6 Å². The van der Waals surface area contributed by atoms with Gasteiger partial charge in [0, 0.05) is 12.1 Å². The van der Waals surface area contributed by atoms with Gasteiger partial charge in [-0.25, -0.2) is 4.98 Å². The first kappa shape index (κ1) is 11.1. The summed E-state index contributed by atoms with van der Waals surface area (Å²) in [6.45, 7) is 0.695. The minimum absolute atomic E-state index is 0.127. The molecule has 2 unspecified atom stereocenters. The predicted molar refractivity (Wildman–Crippen MR) is 63.3 cm³/mol. The molecule has 0 amide bonds. The van der Waals surface area contributed by atoms with E-state index in [1.54, 1.807) is 0 Å². The molecule has 1 fully saturated rings. The average molecular weight is 222 g/mol. The molecule has 5 heteroatoms. The van der Waals surface area contributed by atoms with Gasteiger partial charge in [0.15, 0.2) is 0 Å². The molecule has 0 spiro atoms. The van der Waals surface area contributed by atoms with Crippen molar-refractivity contribution in [2.45, 2.75) is 31.7 Å². The smallest absolute Gasteiger partial charge is 0.252 e. The Balaban J connectivity index is 2.05. The molecule has 0 bridgehead atoms. The van der Waals surface area contributed by atoms with Crippen LogP contribution in [-0.2, 0) is 0 Å². The number of nitrogens with two attached hydrogens (primary N) is 1. The molecule has 0 aromatic carbocycles. The third-order valence-corrected chi connectivity index (χ3v) is 3.22. The minimum Gasteiger partial charge on any atom is -0.367 e. The molecule has 1 aromatic heterocycles. The van der Waals surface area contributed by atoms with Gasteiger partial charge in [-0.3, -0.25) is 4.79 Å². The van der Waals surface area contributed by atoms with E-state index in [2.05, 4.69) is 15.3 Å².